The van der Waals surface area contributed by atoms with Crippen molar-refractivity contribution in [3.05, 3.63) is 28.1 Å². The summed E-state index contributed by atoms with van der Waals surface area (Å²) in [5.41, 5.74) is 4.17. The van der Waals surface area contributed by atoms with Gasteiger partial charge < -0.3 is 10.8 Å². The molecule has 0 aliphatic rings. The van der Waals surface area contributed by atoms with Gasteiger partial charge in [0, 0.05) is 19.7 Å². The molecular weight excluding hydrogens is 281 g/mol. The topological polar surface area (TPSA) is 127 Å². The lowest BCUT2D eigenvalue weighted by Crippen LogP contribution is -2.31. The van der Waals surface area contributed by atoms with Gasteiger partial charge in [-0.3, -0.25) is 10.1 Å². The summed E-state index contributed by atoms with van der Waals surface area (Å²) in [5.74, 6) is -1.31. The fourth-order valence-electron chi connectivity index (χ4n) is 1.39. The number of nitrogen functional groups attached to an aromatic ring is 1. The van der Waals surface area contributed by atoms with Gasteiger partial charge in [-0.25, -0.2) is 12.8 Å². The first kappa shape index (κ1) is 15.3. The molecule has 0 bridgehead atoms. The Hall–Kier alpha value is -1.78. The van der Waals surface area contributed by atoms with E-state index in [0.29, 0.717) is 10.4 Å². The zero-order chi connectivity index (χ0) is 14.8. The lowest BCUT2D eigenvalue weighted by molar-refractivity contribution is -0.385. The molecule has 0 fully saturated rings. The minimum Gasteiger partial charge on any atom is -0.397 e. The van der Waals surface area contributed by atoms with E-state index in [1.807, 2.05) is 0 Å². The lowest BCUT2D eigenvalue weighted by Gasteiger charge is -2.17. The second-order valence-electron chi connectivity index (χ2n) is 3.65. The number of nitrogens with two attached hydrogens (primary N) is 1. The van der Waals surface area contributed by atoms with Gasteiger partial charge in [0.05, 0.1) is 23.3 Å². The first-order valence-electron chi connectivity index (χ1n) is 5.02. The Kier molecular flexibility index (Phi) is 4.39. The van der Waals surface area contributed by atoms with E-state index < -0.39 is 43.6 Å². The average Bonchev–Trinajstić information content (AvgIpc) is 2.27. The summed E-state index contributed by atoms with van der Waals surface area (Å²) < 4.78 is 38.4. The molecule has 0 aliphatic carbocycles. The van der Waals surface area contributed by atoms with Gasteiger partial charge in [-0.15, -0.1) is 0 Å². The molecule has 106 valence electrons. The van der Waals surface area contributed by atoms with Crippen LogP contribution >= 0.6 is 0 Å². The Morgan fingerprint density at radius 2 is 2.11 bits per heavy atom. The van der Waals surface area contributed by atoms with E-state index in [0.717, 1.165) is 13.1 Å². The molecular formula is C9H12FN3O5S. The summed E-state index contributed by atoms with van der Waals surface area (Å²) in [4.78, 5) is 8.77. The summed E-state index contributed by atoms with van der Waals surface area (Å²) in [6.07, 6.45) is 0. The van der Waals surface area contributed by atoms with Crippen LogP contribution in [0.2, 0.25) is 0 Å². The zero-order valence-corrected chi connectivity index (χ0v) is 10.7. The van der Waals surface area contributed by atoms with Crippen molar-refractivity contribution < 1.29 is 22.8 Å². The number of likely N-dealkylation sites (N-methyl/N-ethyl adjacent to an activating group) is 1. The van der Waals surface area contributed by atoms with Gasteiger partial charge in [-0.2, -0.15) is 4.31 Å². The highest BCUT2D eigenvalue weighted by Gasteiger charge is 2.29. The van der Waals surface area contributed by atoms with Crippen molar-refractivity contribution in [3.8, 4) is 0 Å². The van der Waals surface area contributed by atoms with E-state index in [-0.39, 0.29) is 6.54 Å². The van der Waals surface area contributed by atoms with E-state index in [1.165, 1.54) is 0 Å². The third-order valence-corrected chi connectivity index (χ3v) is 4.30. The molecule has 0 amide bonds. The molecule has 1 aromatic rings. The molecule has 19 heavy (non-hydrogen) atoms. The maximum absolute atomic E-state index is 13.7. The SMILES string of the molecule is CN(CCO)S(=O)(=O)c1c(N)cc([N+](=O)[O-])cc1F. The van der Waals surface area contributed by atoms with Crippen LogP contribution in [0.1, 0.15) is 0 Å². The number of halogens is 1. The van der Waals surface area contributed by atoms with Crippen LogP contribution in [-0.4, -0.2) is 43.0 Å². The fourth-order valence-corrected chi connectivity index (χ4v) is 2.69. The van der Waals surface area contributed by atoms with Crippen molar-refractivity contribution in [1.82, 2.24) is 4.31 Å². The van der Waals surface area contributed by atoms with E-state index in [4.69, 9.17) is 10.8 Å². The molecule has 0 unspecified atom stereocenters. The first-order chi connectivity index (χ1) is 8.71. The maximum atomic E-state index is 13.7. The van der Waals surface area contributed by atoms with Crippen molar-refractivity contribution >= 4 is 21.4 Å². The Bertz CT molecular complexity index is 581. The van der Waals surface area contributed by atoms with Gasteiger partial charge in [0.2, 0.25) is 10.0 Å². The normalized spacial score (nSPS) is 11.8. The predicted molar refractivity (Wildman–Crippen MR) is 64.4 cm³/mol. The highest BCUT2D eigenvalue weighted by atomic mass is 32.2. The second-order valence-corrected chi connectivity index (χ2v) is 5.63. The summed E-state index contributed by atoms with van der Waals surface area (Å²) >= 11 is 0. The minimum atomic E-state index is -4.25. The monoisotopic (exact) mass is 293 g/mol. The van der Waals surface area contributed by atoms with Gasteiger partial charge in [0.25, 0.3) is 5.69 Å². The first-order valence-corrected chi connectivity index (χ1v) is 6.46. The Balaban J connectivity index is 3.40. The number of rotatable bonds is 5. The average molecular weight is 293 g/mol. The molecule has 0 saturated carbocycles. The molecule has 0 aromatic heterocycles. The van der Waals surface area contributed by atoms with E-state index >= 15 is 0 Å². The van der Waals surface area contributed by atoms with Crippen molar-refractivity contribution in [2.75, 3.05) is 25.9 Å². The number of aliphatic hydroxyl groups is 1. The van der Waals surface area contributed by atoms with Crippen LogP contribution in [-0.2, 0) is 10.0 Å². The summed E-state index contributed by atoms with van der Waals surface area (Å²) in [5, 5.41) is 19.2. The number of anilines is 1. The number of nitro groups is 1. The van der Waals surface area contributed by atoms with Crippen LogP contribution < -0.4 is 5.73 Å². The van der Waals surface area contributed by atoms with Crippen LogP contribution in [0.3, 0.4) is 0 Å². The van der Waals surface area contributed by atoms with Gasteiger partial charge in [-0.1, -0.05) is 0 Å². The highest BCUT2D eigenvalue weighted by Crippen LogP contribution is 2.29. The van der Waals surface area contributed by atoms with Crippen molar-refractivity contribution in [3.63, 3.8) is 0 Å². The van der Waals surface area contributed by atoms with E-state index in [2.05, 4.69) is 0 Å². The fraction of sp³-hybridized carbons (Fsp3) is 0.333. The number of nitrogens with zero attached hydrogens (tertiary/aromatic N) is 2. The lowest BCUT2D eigenvalue weighted by atomic mass is 10.3. The van der Waals surface area contributed by atoms with Gasteiger partial charge in [0.1, 0.15) is 4.90 Å². The van der Waals surface area contributed by atoms with Gasteiger partial charge in [0.15, 0.2) is 5.82 Å². The van der Waals surface area contributed by atoms with E-state index in [1.54, 1.807) is 0 Å². The molecule has 0 saturated heterocycles. The zero-order valence-electron chi connectivity index (χ0n) is 9.91. The predicted octanol–water partition coefficient (Wildman–Crippen LogP) is -0.0711. The van der Waals surface area contributed by atoms with Crippen molar-refractivity contribution in [2.45, 2.75) is 4.90 Å². The van der Waals surface area contributed by atoms with Crippen LogP contribution in [0.15, 0.2) is 17.0 Å². The Labute approximate surface area is 108 Å². The molecule has 1 rings (SSSR count). The number of non-ortho nitro benzene ring substituents is 1. The Morgan fingerprint density at radius 3 is 2.53 bits per heavy atom. The number of hydrogen-bond donors (Lipinski definition) is 2. The summed E-state index contributed by atoms with van der Waals surface area (Å²) in [7, 11) is -3.12. The molecule has 0 radical (unpaired) electrons. The van der Waals surface area contributed by atoms with Crippen molar-refractivity contribution in [1.29, 1.82) is 0 Å². The van der Waals surface area contributed by atoms with Gasteiger partial charge >= 0.3 is 0 Å². The number of aliphatic hydroxyl groups excluding tert-OH is 1. The standard InChI is InChI=1S/C9H12FN3O5S/c1-12(2-3-14)19(17,18)9-7(10)4-6(13(15)16)5-8(9)11/h4-5,14H,2-3,11H2,1H3. The van der Waals surface area contributed by atoms with Crippen molar-refractivity contribution in [2.24, 2.45) is 0 Å². The van der Waals surface area contributed by atoms with Crippen LogP contribution in [0.4, 0.5) is 15.8 Å². The molecule has 1 aromatic carbocycles. The van der Waals surface area contributed by atoms with Crippen LogP contribution in [0, 0.1) is 15.9 Å². The third-order valence-electron chi connectivity index (χ3n) is 2.35. The summed E-state index contributed by atoms with van der Waals surface area (Å²) in [6, 6.07) is 1.25. The number of nitro benzene ring substituents is 1. The van der Waals surface area contributed by atoms with Crippen LogP contribution in [0.5, 0.6) is 0 Å². The second kappa shape index (κ2) is 5.47. The van der Waals surface area contributed by atoms with E-state index in [9.17, 15) is 22.9 Å². The molecule has 0 atom stereocenters. The smallest absolute Gasteiger partial charge is 0.274 e. The molecule has 8 nitrogen and oxygen atoms in total. The minimum absolute atomic E-state index is 0.252. The third kappa shape index (κ3) is 2.97. The molecule has 0 heterocycles. The van der Waals surface area contributed by atoms with Crippen LogP contribution in [0.25, 0.3) is 0 Å². The number of sulfonamides is 1. The number of hydrogen-bond acceptors (Lipinski definition) is 6. The highest BCUT2D eigenvalue weighted by molar-refractivity contribution is 7.89. The Morgan fingerprint density at radius 1 is 1.53 bits per heavy atom. The largest absolute Gasteiger partial charge is 0.397 e. The maximum Gasteiger partial charge on any atom is 0.274 e. The van der Waals surface area contributed by atoms with Gasteiger partial charge in [-0.05, 0) is 0 Å². The quantitative estimate of drug-likeness (QED) is 0.444. The molecule has 0 aliphatic heterocycles. The number of benzene rings is 1. The molecule has 10 heteroatoms. The summed E-state index contributed by atoms with van der Waals surface area (Å²) in [6.45, 7) is -0.706. The molecule has 0 spiro atoms. The molecule has 3 N–H and O–H groups in total.